The van der Waals surface area contributed by atoms with Gasteiger partial charge in [-0.3, -0.25) is 9.88 Å². The van der Waals surface area contributed by atoms with E-state index >= 15 is 0 Å². The summed E-state index contributed by atoms with van der Waals surface area (Å²) in [6, 6.07) is 13.6. The fourth-order valence-electron chi connectivity index (χ4n) is 5.08. The summed E-state index contributed by atoms with van der Waals surface area (Å²) in [5.41, 5.74) is 2.29. The second-order valence-corrected chi connectivity index (χ2v) is 9.24. The monoisotopic (exact) mass is 407 g/mol. The van der Waals surface area contributed by atoms with Crippen LogP contribution in [-0.2, 0) is 0 Å². The molecule has 0 atom stereocenters. The number of aromatic nitrogens is 1. The van der Waals surface area contributed by atoms with Crippen LogP contribution in [0.25, 0.3) is 10.9 Å². The lowest BCUT2D eigenvalue weighted by Crippen LogP contribution is -2.51. The van der Waals surface area contributed by atoms with Gasteiger partial charge in [0.2, 0.25) is 0 Å². The van der Waals surface area contributed by atoms with Gasteiger partial charge in [0.15, 0.2) is 0 Å². The van der Waals surface area contributed by atoms with Crippen molar-refractivity contribution >= 4 is 27.9 Å². The fraction of sp³-hybridized carbons (Fsp3) is 0.458. The minimum atomic E-state index is 0.758. The Balaban J connectivity index is 1.24. The second kappa shape index (κ2) is 8.33. The van der Waals surface area contributed by atoms with Crippen molar-refractivity contribution in [2.75, 3.05) is 38.2 Å². The van der Waals surface area contributed by atoms with Crippen LogP contribution in [0.3, 0.4) is 0 Å². The molecule has 2 aromatic heterocycles. The number of ether oxygens (including phenoxy) is 1. The minimum absolute atomic E-state index is 0.758. The molecule has 4 nitrogen and oxygen atoms in total. The molecule has 1 saturated heterocycles. The van der Waals surface area contributed by atoms with Crippen molar-refractivity contribution in [2.24, 2.45) is 0 Å². The number of hydrogen-bond acceptors (Lipinski definition) is 5. The molecule has 0 spiro atoms. The largest absolute Gasteiger partial charge is 0.497 e. The molecule has 1 aliphatic heterocycles. The van der Waals surface area contributed by atoms with Crippen LogP contribution in [-0.4, -0.2) is 49.2 Å². The maximum Gasteiger partial charge on any atom is 0.121 e. The Labute approximate surface area is 177 Å². The topological polar surface area (TPSA) is 28.6 Å². The van der Waals surface area contributed by atoms with Crippen molar-refractivity contribution in [3.05, 3.63) is 52.9 Å². The Morgan fingerprint density at radius 2 is 1.83 bits per heavy atom. The van der Waals surface area contributed by atoms with Gasteiger partial charge in [-0.15, -0.1) is 11.3 Å². The van der Waals surface area contributed by atoms with E-state index in [1.165, 1.54) is 31.4 Å². The lowest BCUT2D eigenvalue weighted by molar-refractivity contribution is 0.142. The van der Waals surface area contributed by atoms with Crippen molar-refractivity contribution in [2.45, 2.75) is 37.6 Å². The molecule has 0 N–H and O–H groups in total. The van der Waals surface area contributed by atoms with Crippen LogP contribution in [0.2, 0.25) is 0 Å². The van der Waals surface area contributed by atoms with Gasteiger partial charge < -0.3 is 9.64 Å². The number of piperazine rings is 1. The summed E-state index contributed by atoms with van der Waals surface area (Å²) in [6.07, 6.45) is 7.25. The fourth-order valence-corrected chi connectivity index (χ4v) is 5.98. The Bertz CT molecular complexity index is 942. The quantitative estimate of drug-likeness (QED) is 0.598. The molecule has 1 saturated carbocycles. The highest BCUT2D eigenvalue weighted by atomic mass is 32.1. The summed E-state index contributed by atoms with van der Waals surface area (Å²) in [4.78, 5) is 11.5. The number of nitrogens with zero attached hydrogens (tertiary/aromatic N) is 3. The zero-order valence-corrected chi connectivity index (χ0v) is 17.9. The van der Waals surface area contributed by atoms with Crippen LogP contribution in [0, 0.1) is 0 Å². The van der Waals surface area contributed by atoms with Crippen LogP contribution < -0.4 is 9.64 Å². The SMILES string of the molecule is COc1cc(N2CCN(C3CCC(c4cccs4)CC3)CC2)c2ncccc2c1. The average molecular weight is 408 g/mol. The molecule has 0 radical (unpaired) electrons. The summed E-state index contributed by atoms with van der Waals surface area (Å²) in [7, 11) is 1.74. The first kappa shape index (κ1) is 18.9. The van der Waals surface area contributed by atoms with Crippen LogP contribution in [0.4, 0.5) is 5.69 Å². The van der Waals surface area contributed by atoms with Crippen LogP contribution in [0.5, 0.6) is 5.75 Å². The second-order valence-electron chi connectivity index (χ2n) is 8.27. The standard InChI is InChI=1S/C24H29N3OS/c1-28-21-16-19-4-2-10-25-24(19)22(17-21)27-13-11-26(12-14-27)20-8-6-18(7-9-20)23-5-3-15-29-23/h2-5,10,15-18,20H,6-9,11-14H2,1H3. The van der Waals surface area contributed by atoms with Gasteiger partial charge in [0.25, 0.3) is 0 Å². The van der Waals surface area contributed by atoms with E-state index in [0.717, 1.165) is 54.8 Å². The first-order valence-corrected chi connectivity index (χ1v) is 11.6. The lowest BCUT2D eigenvalue weighted by Gasteiger charge is -2.42. The van der Waals surface area contributed by atoms with Gasteiger partial charge in [-0.1, -0.05) is 12.1 Å². The molecule has 2 aliphatic rings. The average Bonchev–Trinajstić information content (AvgIpc) is 3.33. The smallest absolute Gasteiger partial charge is 0.121 e. The third-order valence-electron chi connectivity index (χ3n) is 6.71. The summed E-state index contributed by atoms with van der Waals surface area (Å²) < 4.78 is 5.55. The highest BCUT2D eigenvalue weighted by molar-refractivity contribution is 7.10. The molecule has 1 aromatic carbocycles. The molecule has 3 heterocycles. The first-order chi connectivity index (χ1) is 14.3. The predicted octanol–water partition coefficient (Wildman–Crippen LogP) is 5.15. The van der Waals surface area contributed by atoms with Gasteiger partial charge in [0, 0.05) is 54.7 Å². The molecular weight excluding hydrogens is 378 g/mol. The van der Waals surface area contributed by atoms with Gasteiger partial charge in [0.05, 0.1) is 18.3 Å². The molecule has 5 rings (SSSR count). The van der Waals surface area contributed by atoms with Crippen molar-refractivity contribution in [1.82, 2.24) is 9.88 Å². The zero-order chi connectivity index (χ0) is 19.6. The Morgan fingerprint density at radius 3 is 2.55 bits per heavy atom. The number of hydrogen-bond donors (Lipinski definition) is 0. The van der Waals surface area contributed by atoms with E-state index in [2.05, 4.69) is 50.5 Å². The van der Waals surface area contributed by atoms with E-state index in [1.54, 1.807) is 12.0 Å². The van der Waals surface area contributed by atoms with E-state index in [-0.39, 0.29) is 0 Å². The highest BCUT2D eigenvalue weighted by Gasteiger charge is 2.29. The lowest BCUT2D eigenvalue weighted by atomic mass is 9.84. The minimum Gasteiger partial charge on any atom is -0.497 e. The molecule has 0 bridgehead atoms. The zero-order valence-electron chi connectivity index (χ0n) is 17.1. The maximum absolute atomic E-state index is 5.55. The Kier molecular flexibility index (Phi) is 5.42. The van der Waals surface area contributed by atoms with Crippen LogP contribution in [0.15, 0.2) is 48.0 Å². The number of thiophene rings is 1. The molecule has 29 heavy (non-hydrogen) atoms. The van der Waals surface area contributed by atoms with Crippen LogP contribution in [0.1, 0.15) is 36.5 Å². The van der Waals surface area contributed by atoms with Crippen LogP contribution >= 0.6 is 11.3 Å². The van der Waals surface area contributed by atoms with Gasteiger partial charge >= 0.3 is 0 Å². The maximum atomic E-state index is 5.55. The van der Waals surface area contributed by atoms with Gasteiger partial charge in [-0.2, -0.15) is 0 Å². The number of benzene rings is 1. The van der Waals surface area contributed by atoms with Crippen molar-refractivity contribution < 1.29 is 4.74 Å². The van der Waals surface area contributed by atoms with Crippen molar-refractivity contribution in [3.8, 4) is 5.75 Å². The van der Waals surface area contributed by atoms with Gasteiger partial charge in [-0.25, -0.2) is 0 Å². The summed E-state index contributed by atoms with van der Waals surface area (Å²) in [5, 5.41) is 3.37. The molecule has 152 valence electrons. The number of methoxy groups -OCH3 is 1. The van der Waals surface area contributed by atoms with Gasteiger partial charge in [0.1, 0.15) is 5.75 Å². The third kappa shape index (κ3) is 3.86. The Morgan fingerprint density at radius 1 is 1.00 bits per heavy atom. The summed E-state index contributed by atoms with van der Waals surface area (Å²) in [5.74, 6) is 1.71. The first-order valence-electron chi connectivity index (χ1n) is 10.8. The van der Waals surface area contributed by atoms with E-state index in [0.29, 0.717) is 0 Å². The van der Waals surface area contributed by atoms with Gasteiger partial charge in [-0.05, 0) is 55.2 Å². The number of rotatable bonds is 4. The molecule has 2 fully saturated rings. The molecule has 3 aromatic rings. The van der Waals surface area contributed by atoms with Crippen molar-refractivity contribution in [1.29, 1.82) is 0 Å². The number of pyridine rings is 1. The Hall–Kier alpha value is -2.11. The summed E-state index contributed by atoms with van der Waals surface area (Å²) >= 11 is 1.93. The van der Waals surface area contributed by atoms with E-state index in [4.69, 9.17) is 4.74 Å². The number of fused-ring (bicyclic) bond motifs is 1. The molecule has 5 heteroatoms. The normalized spacial score (nSPS) is 23.4. The third-order valence-corrected chi connectivity index (χ3v) is 7.74. The predicted molar refractivity (Wildman–Crippen MR) is 121 cm³/mol. The molecule has 0 unspecified atom stereocenters. The van der Waals surface area contributed by atoms with E-state index in [1.807, 2.05) is 23.6 Å². The molecule has 0 amide bonds. The molecule has 1 aliphatic carbocycles. The highest BCUT2D eigenvalue weighted by Crippen LogP contribution is 2.37. The van der Waals surface area contributed by atoms with Crippen molar-refractivity contribution in [3.63, 3.8) is 0 Å². The summed E-state index contributed by atoms with van der Waals surface area (Å²) in [6.45, 7) is 4.40. The van der Waals surface area contributed by atoms with E-state index < -0.39 is 0 Å². The molecular formula is C24H29N3OS. The van der Waals surface area contributed by atoms with E-state index in [9.17, 15) is 0 Å². The number of anilines is 1.